The van der Waals surface area contributed by atoms with Gasteiger partial charge in [0.1, 0.15) is 0 Å². The Kier molecular flexibility index (Phi) is 5.55. The van der Waals surface area contributed by atoms with E-state index in [1.54, 1.807) is 4.90 Å². The first-order valence-electron chi connectivity index (χ1n) is 10.6. The molecule has 160 valence electrons. The lowest BCUT2D eigenvalue weighted by Gasteiger charge is -2.15. The van der Waals surface area contributed by atoms with Crippen LogP contribution in [-0.2, 0) is 0 Å². The molecule has 3 aromatic rings. The zero-order chi connectivity index (χ0) is 22.1. The molecule has 1 fully saturated rings. The number of aryl methyl sites for hydroxylation is 1. The Hall–Kier alpha value is -3.54. The summed E-state index contributed by atoms with van der Waals surface area (Å²) in [6, 6.07) is 17.6. The fraction of sp³-hybridized carbons (Fsp3) is 0.280. The molecule has 0 aliphatic carbocycles. The van der Waals surface area contributed by atoms with Gasteiger partial charge in [-0.2, -0.15) is 0 Å². The van der Waals surface area contributed by atoms with E-state index in [1.165, 1.54) is 5.56 Å². The lowest BCUT2D eigenvalue weighted by atomic mass is 10.0. The monoisotopic (exact) mass is 416 g/mol. The highest BCUT2D eigenvalue weighted by Crippen LogP contribution is 2.26. The van der Waals surface area contributed by atoms with Gasteiger partial charge in [-0.25, -0.2) is 4.79 Å². The van der Waals surface area contributed by atoms with Crippen molar-refractivity contribution in [2.45, 2.75) is 33.6 Å². The lowest BCUT2D eigenvalue weighted by Crippen LogP contribution is -2.27. The first-order valence-corrected chi connectivity index (χ1v) is 10.6. The van der Waals surface area contributed by atoms with Crippen LogP contribution in [0.25, 0.3) is 5.69 Å². The molecule has 0 saturated carbocycles. The number of nitrogens with zero attached hydrogens (tertiary/aromatic N) is 2. The molecule has 1 aromatic heterocycles. The number of nitrogens with one attached hydrogen (secondary N) is 2. The Bertz CT molecular complexity index is 1150. The van der Waals surface area contributed by atoms with Crippen molar-refractivity contribution in [1.29, 1.82) is 0 Å². The Morgan fingerprint density at radius 3 is 2.48 bits per heavy atom. The quantitative estimate of drug-likeness (QED) is 0.615. The van der Waals surface area contributed by atoms with Crippen molar-refractivity contribution in [2.24, 2.45) is 0 Å². The maximum absolute atomic E-state index is 13.1. The lowest BCUT2D eigenvalue weighted by molar-refractivity contribution is 0.102. The number of hydrogen-bond donors (Lipinski definition) is 2. The van der Waals surface area contributed by atoms with Crippen LogP contribution in [0.1, 0.15) is 47.1 Å². The van der Waals surface area contributed by atoms with E-state index in [9.17, 15) is 9.59 Å². The summed E-state index contributed by atoms with van der Waals surface area (Å²) in [5.74, 6) is 0.270. The van der Waals surface area contributed by atoms with Gasteiger partial charge in [0.2, 0.25) is 0 Å². The minimum atomic E-state index is -0.164. The van der Waals surface area contributed by atoms with Gasteiger partial charge in [0.25, 0.3) is 5.91 Å². The molecule has 2 aromatic carbocycles. The minimum absolute atomic E-state index is 0.115. The molecule has 31 heavy (non-hydrogen) atoms. The molecule has 3 amide bonds. The highest BCUT2D eigenvalue weighted by Gasteiger charge is 2.22. The number of rotatable bonds is 5. The molecule has 0 spiro atoms. The summed E-state index contributed by atoms with van der Waals surface area (Å²) in [6.07, 6.45) is 0. The topological polar surface area (TPSA) is 66.4 Å². The first-order chi connectivity index (χ1) is 14.8. The van der Waals surface area contributed by atoms with Gasteiger partial charge in [0.05, 0.1) is 5.56 Å². The summed E-state index contributed by atoms with van der Waals surface area (Å²) in [7, 11) is 0. The SMILES string of the molecule is Cc1cc(C(=O)Nc2cccc(N3CCNC3=O)c2)c(C)n1-c1cccc(C(C)C)c1. The van der Waals surface area contributed by atoms with Crippen molar-refractivity contribution >= 4 is 23.3 Å². The van der Waals surface area contributed by atoms with Crippen LogP contribution in [0.2, 0.25) is 0 Å². The molecule has 1 aliphatic rings. The minimum Gasteiger partial charge on any atom is -0.336 e. The average Bonchev–Trinajstić information content (AvgIpc) is 3.30. The maximum Gasteiger partial charge on any atom is 0.321 e. The number of amides is 3. The number of carbonyl (C=O) groups is 2. The zero-order valence-corrected chi connectivity index (χ0v) is 18.4. The fourth-order valence-corrected chi connectivity index (χ4v) is 4.08. The van der Waals surface area contributed by atoms with E-state index in [1.807, 2.05) is 44.2 Å². The smallest absolute Gasteiger partial charge is 0.321 e. The summed E-state index contributed by atoms with van der Waals surface area (Å²) < 4.78 is 2.12. The Morgan fingerprint density at radius 2 is 1.77 bits per heavy atom. The number of aromatic nitrogens is 1. The molecular weight excluding hydrogens is 388 g/mol. The van der Waals surface area contributed by atoms with Crippen molar-refractivity contribution in [2.75, 3.05) is 23.3 Å². The first kappa shape index (κ1) is 20.7. The van der Waals surface area contributed by atoms with Crippen LogP contribution in [0.4, 0.5) is 16.2 Å². The normalized spacial score (nSPS) is 13.6. The number of anilines is 2. The van der Waals surface area contributed by atoms with Crippen LogP contribution >= 0.6 is 0 Å². The standard InChI is InChI=1S/C25H28N4O2/c1-16(2)19-7-5-10-22(14-19)29-17(3)13-23(18(29)4)24(30)27-20-8-6-9-21(15-20)28-12-11-26-25(28)31/h5-10,13-16H,11-12H2,1-4H3,(H,26,31)(H,27,30). The zero-order valence-electron chi connectivity index (χ0n) is 18.4. The second-order valence-electron chi connectivity index (χ2n) is 8.26. The van der Waals surface area contributed by atoms with E-state index in [2.05, 4.69) is 53.3 Å². The van der Waals surface area contributed by atoms with Crippen LogP contribution in [0, 0.1) is 13.8 Å². The van der Waals surface area contributed by atoms with Crippen LogP contribution in [0.15, 0.2) is 54.6 Å². The van der Waals surface area contributed by atoms with Crippen molar-refractivity contribution in [3.63, 3.8) is 0 Å². The summed E-state index contributed by atoms with van der Waals surface area (Å²) in [5, 5.41) is 5.78. The molecule has 0 bridgehead atoms. The van der Waals surface area contributed by atoms with Crippen molar-refractivity contribution < 1.29 is 9.59 Å². The van der Waals surface area contributed by atoms with Gasteiger partial charge in [-0.3, -0.25) is 9.69 Å². The third-order valence-electron chi connectivity index (χ3n) is 5.74. The Morgan fingerprint density at radius 1 is 1.03 bits per heavy atom. The van der Waals surface area contributed by atoms with E-state index >= 15 is 0 Å². The van der Waals surface area contributed by atoms with Crippen molar-refractivity contribution in [1.82, 2.24) is 9.88 Å². The van der Waals surface area contributed by atoms with Gasteiger partial charge in [-0.1, -0.05) is 32.0 Å². The highest BCUT2D eigenvalue weighted by molar-refractivity contribution is 6.06. The highest BCUT2D eigenvalue weighted by atomic mass is 16.2. The van der Waals surface area contributed by atoms with Crippen LogP contribution in [-0.4, -0.2) is 29.6 Å². The van der Waals surface area contributed by atoms with Gasteiger partial charge < -0.3 is 15.2 Å². The summed E-state index contributed by atoms with van der Waals surface area (Å²) in [4.78, 5) is 26.7. The van der Waals surface area contributed by atoms with Gasteiger partial charge >= 0.3 is 6.03 Å². The summed E-state index contributed by atoms with van der Waals surface area (Å²) >= 11 is 0. The molecule has 1 aliphatic heterocycles. The largest absolute Gasteiger partial charge is 0.336 e. The average molecular weight is 417 g/mol. The molecular formula is C25H28N4O2. The van der Waals surface area contributed by atoms with Crippen LogP contribution in [0.3, 0.4) is 0 Å². The number of hydrogen-bond acceptors (Lipinski definition) is 2. The van der Waals surface area contributed by atoms with Gasteiger partial charge in [-0.15, -0.1) is 0 Å². The second-order valence-corrected chi connectivity index (χ2v) is 8.26. The molecule has 6 heteroatoms. The molecule has 4 rings (SSSR count). The molecule has 6 nitrogen and oxygen atoms in total. The number of urea groups is 1. The van der Waals surface area contributed by atoms with E-state index in [-0.39, 0.29) is 11.9 Å². The summed E-state index contributed by atoms with van der Waals surface area (Å²) in [6.45, 7) is 9.57. The number of benzene rings is 2. The van der Waals surface area contributed by atoms with E-state index < -0.39 is 0 Å². The Labute approximate surface area is 182 Å². The molecule has 2 N–H and O–H groups in total. The predicted octanol–water partition coefficient (Wildman–Crippen LogP) is 5.00. The molecule has 0 unspecified atom stereocenters. The van der Waals surface area contributed by atoms with Crippen molar-refractivity contribution in [3.8, 4) is 5.69 Å². The predicted molar refractivity (Wildman–Crippen MR) is 124 cm³/mol. The van der Waals surface area contributed by atoms with Gasteiger partial charge in [0.15, 0.2) is 0 Å². The Balaban J connectivity index is 1.60. The van der Waals surface area contributed by atoms with E-state index in [0.29, 0.717) is 30.3 Å². The van der Waals surface area contributed by atoms with E-state index in [4.69, 9.17) is 0 Å². The molecule has 0 atom stereocenters. The molecule has 0 radical (unpaired) electrons. The van der Waals surface area contributed by atoms with Crippen LogP contribution < -0.4 is 15.5 Å². The van der Waals surface area contributed by atoms with E-state index in [0.717, 1.165) is 22.8 Å². The fourth-order valence-electron chi connectivity index (χ4n) is 4.08. The number of carbonyl (C=O) groups excluding carboxylic acids is 2. The maximum atomic E-state index is 13.1. The molecule has 2 heterocycles. The van der Waals surface area contributed by atoms with Gasteiger partial charge in [0, 0.05) is 41.5 Å². The second kappa shape index (κ2) is 8.30. The third kappa shape index (κ3) is 4.06. The summed E-state index contributed by atoms with van der Waals surface area (Å²) in [5.41, 5.74) is 6.28. The van der Waals surface area contributed by atoms with Crippen molar-refractivity contribution in [3.05, 3.63) is 77.1 Å². The van der Waals surface area contributed by atoms with Crippen LogP contribution in [0.5, 0.6) is 0 Å². The molecule has 1 saturated heterocycles. The third-order valence-corrected chi connectivity index (χ3v) is 5.74. The van der Waals surface area contributed by atoms with Gasteiger partial charge in [-0.05, 0) is 61.7 Å².